The second kappa shape index (κ2) is 7.76. The Labute approximate surface area is 102 Å². The molecule has 0 aromatic heterocycles. The average Bonchev–Trinajstić information content (AvgIpc) is 2.28. The van der Waals surface area contributed by atoms with Crippen LogP contribution < -0.4 is 0 Å². The molecule has 0 heterocycles. The van der Waals surface area contributed by atoms with Crippen molar-refractivity contribution in [3.05, 3.63) is 48.0 Å². The zero-order valence-electron chi connectivity index (χ0n) is 9.82. The van der Waals surface area contributed by atoms with Gasteiger partial charge in [0.2, 0.25) is 0 Å². The van der Waals surface area contributed by atoms with Gasteiger partial charge in [0.15, 0.2) is 0 Å². The molecule has 15 heavy (non-hydrogen) atoms. The van der Waals surface area contributed by atoms with Crippen molar-refractivity contribution in [3.63, 3.8) is 0 Å². The monoisotopic (exact) mass is 195 g/mol. The summed E-state index contributed by atoms with van der Waals surface area (Å²) in [5, 5.41) is 1.13. The SMILES string of the molecule is [Li][CH2]/C=C/CN(C)CCc1ccccc1. The molecule has 0 N–H and O–H groups in total. The Morgan fingerprint density at radius 1 is 1.20 bits per heavy atom. The molecule has 0 spiro atoms. The standard InChI is InChI=1S/C13H18N.Li/c1-3-4-11-14(2)12-10-13-8-6-5-7-9-13;/h3-9H,1,10-12H2,2H3;/b4-3+;. The zero-order valence-corrected chi connectivity index (χ0v) is 9.82. The number of allylic oxidation sites excluding steroid dienone is 1. The van der Waals surface area contributed by atoms with E-state index in [1.165, 1.54) is 5.56 Å². The van der Waals surface area contributed by atoms with Crippen LogP contribution in [0.1, 0.15) is 5.56 Å². The van der Waals surface area contributed by atoms with Crippen LogP contribution >= 0.6 is 0 Å². The van der Waals surface area contributed by atoms with Crippen molar-refractivity contribution in [3.8, 4) is 0 Å². The topological polar surface area (TPSA) is 3.24 Å². The van der Waals surface area contributed by atoms with Crippen molar-refractivity contribution in [2.24, 2.45) is 0 Å². The van der Waals surface area contributed by atoms with Crippen LogP contribution in [-0.4, -0.2) is 42.8 Å². The van der Waals surface area contributed by atoms with Crippen molar-refractivity contribution in [2.45, 2.75) is 11.5 Å². The van der Waals surface area contributed by atoms with Gasteiger partial charge < -0.3 is 0 Å². The van der Waals surface area contributed by atoms with E-state index in [9.17, 15) is 0 Å². The number of rotatable bonds is 6. The molecule has 1 aromatic carbocycles. The third-order valence-corrected chi connectivity index (χ3v) is 2.44. The van der Waals surface area contributed by atoms with Crippen LogP contribution in [0.4, 0.5) is 0 Å². The maximum absolute atomic E-state index is 2.35. The fraction of sp³-hybridized carbons (Fsp3) is 0.385. The van der Waals surface area contributed by atoms with Crippen molar-refractivity contribution in [1.29, 1.82) is 0 Å². The molecule has 76 valence electrons. The van der Waals surface area contributed by atoms with Crippen LogP contribution in [0.2, 0.25) is 5.09 Å². The third kappa shape index (κ3) is 5.84. The molecule has 0 amide bonds. The predicted octanol–water partition coefficient (Wildman–Crippen LogP) is 2.30. The Kier molecular flexibility index (Phi) is 6.51. The number of nitrogens with zero attached hydrogens (tertiary/aromatic N) is 1. The molecule has 0 atom stereocenters. The van der Waals surface area contributed by atoms with Crippen molar-refractivity contribution in [1.82, 2.24) is 4.90 Å². The van der Waals surface area contributed by atoms with Gasteiger partial charge in [-0.25, -0.2) is 0 Å². The van der Waals surface area contributed by atoms with Gasteiger partial charge in [0.05, 0.1) is 0 Å². The molecule has 1 nitrogen and oxygen atoms in total. The summed E-state index contributed by atoms with van der Waals surface area (Å²) in [6, 6.07) is 10.7. The Hall–Kier alpha value is -0.483. The van der Waals surface area contributed by atoms with E-state index >= 15 is 0 Å². The van der Waals surface area contributed by atoms with E-state index in [1.54, 1.807) is 0 Å². The van der Waals surface area contributed by atoms with Crippen LogP contribution in [0, 0.1) is 0 Å². The zero-order chi connectivity index (χ0) is 10.9. The predicted molar refractivity (Wildman–Crippen MR) is 67.3 cm³/mol. The third-order valence-electron chi connectivity index (χ3n) is 2.44. The number of likely N-dealkylation sites (N-methyl/N-ethyl adjacent to an activating group) is 1. The second-order valence-electron chi connectivity index (χ2n) is 3.88. The van der Waals surface area contributed by atoms with E-state index in [4.69, 9.17) is 0 Å². The van der Waals surface area contributed by atoms with Gasteiger partial charge in [0, 0.05) is 0 Å². The van der Waals surface area contributed by atoms with Crippen LogP contribution in [0.5, 0.6) is 0 Å². The van der Waals surface area contributed by atoms with Gasteiger partial charge in [-0.05, 0) is 0 Å². The molecule has 1 aromatic rings. The van der Waals surface area contributed by atoms with Gasteiger partial charge in [0.25, 0.3) is 0 Å². The minimum absolute atomic E-state index is 1.06. The van der Waals surface area contributed by atoms with E-state index in [1.807, 2.05) is 0 Å². The minimum atomic E-state index is 1.06. The summed E-state index contributed by atoms with van der Waals surface area (Å²) in [5.74, 6) is 0. The molecule has 0 bridgehead atoms. The first-order valence-electron chi connectivity index (χ1n) is 5.70. The average molecular weight is 195 g/mol. The van der Waals surface area contributed by atoms with Crippen molar-refractivity contribution < 1.29 is 0 Å². The normalized spacial score (nSPS) is 11.5. The fourth-order valence-electron chi connectivity index (χ4n) is 1.48. The second-order valence-corrected chi connectivity index (χ2v) is 3.88. The van der Waals surface area contributed by atoms with E-state index in [0.29, 0.717) is 0 Å². The molecule has 0 unspecified atom stereocenters. The maximum atomic E-state index is 2.35. The van der Waals surface area contributed by atoms with Gasteiger partial charge in [-0.2, -0.15) is 0 Å². The molecule has 0 radical (unpaired) electrons. The van der Waals surface area contributed by atoms with E-state index in [2.05, 4.69) is 72.1 Å². The van der Waals surface area contributed by atoms with Crippen LogP contribution in [0.15, 0.2) is 42.5 Å². The summed E-state index contributed by atoms with van der Waals surface area (Å²) in [4.78, 5) is 2.35. The van der Waals surface area contributed by atoms with Crippen LogP contribution in [-0.2, 0) is 6.42 Å². The number of hydrogen-bond acceptors (Lipinski definition) is 1. The molecule has 0 aliphatic carbocycles. The molecule has 0 aliphatic rings. The van der Waals surface area contributed by atoms with Gasteiger partial charge in [-0.1, -0.05) is 0 Å². The van der Waals surface area contributed by atoms with Crippen molar-refractivity contribution in [2.75, 3.05) is 20.1 Å². The summed E-state index contributed by atoms with van der Waals surface area (Å²) in [6.07, 6.45) is 5.60. The molecule has 0 aliphatic heterocycles. The first-order chi connectivity index (χ1) is 7.33. The summed E-state index contributed by atoms with van der Waals surface area (Å²) < 4.78 is 0. The summed E-state index contributed by atoms with van der Waals surface area (Å²) in [7, 11) is 2.17. The Bertz CT molecular complexity index is 282. The molecule has 2 heteroatoms. The van der Waals surface area contributed by atoms with E-state index in [0.717, 1.165) is 24.6 Å². The van der Waals surface area contributed by atoms with Gasteiger partial charge in [-0.15, -0.1) is 0 Å². The Morgan fingerprint density at radius 2 is 1.93 bits per heavy atom. The molecule has 0 saturated heterocycles. The Morgan fingerprint density at radius 3 is 2.60 bits per heavy atom. The van der Waals surface area contributed by atoms with Gasteiger partial charge in [-0.3, -0.25) is 0 Å². The van der Waals surface area contributed by atoms with Gasteiger partial charge >= 0.3 is 102 Å². The Balaban J connectivity index is 2.22. The fourth-order valence-corrected chi connectivity index (χ4v) is 1.48. The molecule has 0 fully saturated rings. The molecule has 1 rings (SSSR count). The first kappa shape index (κ1) is 12.6. The van der Waals surface area contributed by atoms with Crippen LogP contribution in [0.25, 0.3) is 0 Å². The molecule has 0 saturated carbocycles. The summed E-state index contributed by atoms with van der Waals surface area (Å²) in [6.45, 7) is 2.18. The molecular weight excluding hydrogens is 177 g/mol. The van der Waals surface area contributed by atoms with Crippen LogP contribution in [0.3, 0.4) is 0 Å². The van der Waals surface area contributed by atoms with E-state index < -0.39 is 0 Å². The van der Waals surface area contributed by atoms with Gasteiger partial charge in [0.1, 0.15) is 0 Å². The number of benzene rings is 1. The summed E-state index contributed by atoms with van der Waals surface area (Å²) in [5.41, 5.74) is 1.42. The van der Waals surface area contributed by atoms with Crippen molar-refractivity contribution >= 4 is 17.7 Å². The molecular formula is C13H18LiN. The van der Waals surface area contributed by atoms with E-state index in [-0.39, 0.29) is 0 Å². The summed E-state index contributed by atoms with van der Waals surface area (Å²) >= 11 is 2.17. The quantitative estimate of drug-likeness (QED) is 0.497. The number of hydrogen-bond donors (Lipinski definition) is 0. The first-order valence-corrected chi connectivity index (χ1v) is 5.70.